The standard InChI is InChI=1S/C34H50O4/c1-22(2)10-9-11-23(3)27-14-15-28-26-20-30-34(38-30)21-25(37-31(35)36-24-12-7-6-8-13-24)16-19-33(34,5)29(26)17-18-32(27,28)4/h6-8,12-13,22-23,25-30H,9-11,14-21H2,1-5H3/t23?,25-,26-,27+,28-,29-,30-,32+,33+,34?/m0/s1. The maximum Gasteiger partial charge on any atom is 0.514 e. The van der Waals surface area contributed by atoms with E-state index in [0.29, 0.717) is 17.3 Å². The van der Waals surface area contributed by atoms with Gasteiger partial charge in [0.1, 0.15) is 17.5 Å². The highest BCUT2D eigenvalue weighted by molar-refractivity contribution is 5.64. The number of ether oxygens (including phenoxy) is 3. The zero-order chi connectivity index (χ0) is 26.7. The molecule has 5 fully saturated rings. The highest BCUT2D eigenvalue weighted by Gasteiger charge is 2.76. The van der Waals surface area contributed by atoms with Crippen LogP contribution in [0, 0.1) is 46.3 Å². The van der Waals surface area contributed by atoms with Crippen molar-refractivity contribution >= 4 is 6.16 Å². The van der Waals surface area contributed by atoms with E-state index < -0.39 is 6.16 Å². The highest BCUT2D eigenvalue weighted by atomic mass is 16.7. The first kappa shape index (κ1) is 26.7. The number of para-hydroxylation sites is 1. The second kappa shape index (κ2) is 9.82. The number of fused-ring (bicyclic) bond motifs is 4. The normalized spacial score (nSPS) is 43.8. The van der Waals surface area contributed by atoms with Crippen molar-refractivity contribution in [2.24, 2.45) is 46.3 Å². The van der Waals surface area contributed by atoms with Gasteiger partial charge in [-0.2, -0.15) is 0 Å². The minimum atomic E-state index is -0.583. The van der Waals surface area contributed by atoms with Crippen LogP contribution in [0.4, 0.5) is 4.79 Å². The lowest BCUT2D eigenvalue weighted by Crippen LogP contribution is -2.59. The highest BCUT2D eigenvalue weighted by Crippen LogP contribution is 2.74. The Hall–Kier alpha value is -1.55. The molecule has 38 heavy (non-hydrogen) atoms. The van der Waals surface area contributed by atoms with Crippen molar-refractivity contribution in [3.05, 3.63) is 30.3 Å². The Kier molecular flexibility index (Phi) is 6.89. The zero-order valence-electron chi connectivity index (χ0n) is 24.4. The van der Waals surface area contributed by atoms with E-state index in [2.05, 4.69) is 34.6 Å². The second-order valence-corrected chi connectivity index (χ2v) is 14.7. The average molecular weight is 523 g/mol. The molecule has 1 spiro atoms. The van der Waals surface area contributed by atoms with Crippen LogP contribution in [0.15, 0.2) is 30.3 Å². The van der Waals surface area contributed by atoms with Gasteiger partial charge in [0.2, 0.25) is 0 Å². The van der Waals surface area contributed by atoms with Gasteiger partial charge in [0.25, 0.3) is 0 Å². The Morgan fingerprint density at radius 3 is 2.55 bits per heavy atom. The van der Waals surface area contributed by atoms with Gasteiger partial charge in [-0.15, -0.1) is 0 Å². The number of carbonyl (C=O) groups excluding carboxylic acids is 1. The van der Waals surface area contributed by atoms with Crippen LogP contribution in [0.25, 0.3) is 0 Å². The molecule has 4 heteroatoms. The molecule has 0 N–H and O–H groups in total. The van der Waals surface area contributed by atoms with Crippen LogP contribution < -0.4 is 4.74 Å². The summed E-state index contributed by atoms with van der Waals surface area (Å²) in [5.74, 6) is 5.49. The van der Waals surface area contributed by atoms with E-state index in [1.165, 1.54) is 51.4 Å². The average Bonchev–Trinajstić information content (AvgIpc) is 3.45. The largest absolute Gasteiger partial charge is 0.514 e. The third-order valence-corrected chi connectivity index (χ3v) is 12.4. The molecule has 1 saturated heterocycles. The molecule has 1 heterocycles. The van der Waals surface area contributed by atoms with Crippen LogP contribution in [0.2, 0.25) is 0 Å². The molecule has 0 amide bonds. The predicted octanol–water partition coefficient (Wildman–Crippen LogP) is 8.82. The third-order valence-electron chi connectivity index (χ3n) is 12.4. The van der Waals surface area contributed by atoms with Crippen molar-refractivity contribution in [2.75, 3.05) is 0 Å². The lowest BCUT2D eigenvalue weighted by Gasteiger charge is -2.59. The summed E-state index contributed by atoms with van der Waals surface area (Å²) < 4.78 is 18.0. The van der Waals surface area contributed by atoms with E-state index in [1.807, 2.05) is 18.2 Å². The summed E-state index contributed by atoms with van der Waals surface area (Å²) in [4.78, 5) is 12.5. The summed E-state index contributed by atoms with van der Waals surface area (Å²) in [5, 5.41) is 0. The molecule has 10 atom stereocenters. The SMILES string of the molecule is CC(C)CCCC(C)[C@H]1CC[C@H]2[C@@H]3C[C@@H]4OC45C[C@@H](OC(=O)Oc4ccccc4)CC[C@]5(C)[C@H]3CC[C@]12C. The van der Waals surface area contributed by atoms with Gasteiger partial charge in [-0.1, -0.05) is 72.1 Å². The van der Waals surface area contributed by atoms with Crippen LogP contribution in [-0.2, 0) is 9.47 Å². The molecule has 0 bridgehead atoms. The topological polar surface area (TPSA) is 48.1 Å². The minimum Gasteiger partial charge on any atom is -0.431 e. The van der Waals surface area contributed by atoms with E-state index in [0.717, 1.165) is 54.8 Å². The van der Waals surface area contributed by atoms with Crippen molar-refractivity contribution in [2.45, 2.75) is 123 Å². The summed E-state index contributed by atoms with van der Waals surface area (Å²) in [6.07, 6.45) is 13.5. The summed E-state index contributed by atoms with van der Waals surface area (Å²) in [5.41, 5.74) is 0.608. The number of epoxide rings is 1. The Balaban J connectivity index is 1.11. The first-order chi connectivity index (χ1) is 18.2. The van der Waals surface area contributed by atoms with Gasteiger partial charge >= 0.3 is 6.16 Å². The third kappa shape index (κ3) is 4.32. The monoisotopic (exact) mass is 522 g/mol. The van der Waals surface area contributed by atoms with Crippen LogP contribution >= 0.6 is 0 Å². The molecule has 4 nitrogen and oxygen atoms in total. The van der Waals surface area contributed by atoms with E-state index in [9.17, 15) is 4.79 Å². The van der Waals surface area contributed by atoms with Gasteiger partial charge in [0.05, 0.1) is 6.10 Å². The summed E-state index contributed by atoms with van der Waals surface area (Å²) in [6.45, 7) is 12.5. The molecule has 0 radical (unpaired) electrons. The molecule has 4 aliphatic carbocycles. The van der Waals surface area contributed by atoms with E-state index in [1.54, 1.807) is 12.1 Å². The molecule has 0 aromatic heterocycles. The number of rotatable bonds is 7. The number of carbonyl (C=O) groups is 1. The molecule has 2 unspecified atom stereocenters. The van der Waals surface area contributed by atoms with Gasteiger partial charge in [-0.3, -0.25) is 0 Å². The fourth-order valence-electron chi connectivity index (χ4n) is 10.5. The molecule has 4 saturated carbocycles. The Morgan fingerprint density at radius 2 is 1.79 bits per heavy atom. The van der Waals surface area contributed by atoms with Crippen LogP contribution in [-0.4, -0.2) is 24.0 Å². The van der Waals surface area contributed by atoms with E-state index >= 15 is 0 Å². The Labute approximate surface area is 230 Å². The van der Waals surface area contributed by atoms with E-state index in [-0.39, 0.29) is 17.1 Å². The molecular formula is C34H50O4. The van der Waals surface area contributed by atoms with Gasteiger partial charge < -0.3 is 14.2 Å². The first-order valence-corrected chi connectivity index (χ1v) is 15.8. The summed E-state index contributed by atoms with van der Waals surface area (Å²) in [6, 6.07) is 9.22. The smallest absolute Gasteiger partial charge is 0.431 e. The maximum absolute atomic E-state index is 12.5. The molecule has 6 rings (SSSR count). The Bertz CT molecular complexity index is 1010. The number of hydrogen-bond donors (Lipinski definition) is 0. The molecule has 1 aliphatic heterocycles. The number of hydrogen-bond acceptors (Lipinski definition) is 4. The predicted molar refractivity (Wildman–Crippen MR) is 150 cm³/mol. The van der Waals surface area contributed by atoms with Crippen LogP contribution in [0.5, 0.6) is 5.75 Å². The fourth-order valence-corrected chi connectivity index (χ4v) is 10.5. The van der Waals surface area contributed by atoms with Crippen molar-refractivity contribution in [3.63, 3.8) is 0 Å². The zero-order valence-corrected chi connectivity index (χ0v) is 24.4. The molecule has 5 aliphatic rings. The molecular weight excluding hydrogens is 472 g/mol. The first-order valence-electron chi connectivity index (χ1n) is 15.8. The van der Waals surface area contributed by atoms with Crippen molar-refractivity contribution in [1.82, 2.24) is 0 Å². The quantitative estimate of drug-likeness (QED) is 0.204. The van der Waals surface area contributed by atoms with Crippen LogP contribution in [0.1, 0.15) is 105 Å². The summed E-state index contributed by atoms with van der Waals surface area (Å²) in [7, 11) is 0. The van der Waals surface area contributed by atoms with Gasteiger partial charge in [-0.25, -0.2) is 4.79 Å². The fraction of sp³-hybridized carbons (Fsp3) is 0.794. The van der Waals surface area contributed by atoms with Gasteiger partial charge in [0, 0.05) is 11.8 Å². The lowest BCUT2D eigenvalue weighted by molar-refractivity contribution is -0.119. The lowest BCUT2D eigenvalue weighted by atomic mass is 9.44. The van der Waals surface area contributed by atoms with Crippen LogP contribution in [0.3, 0.4) is 0 Å². The van der Waals surface area contributed by atoms with Crippen molar-refractivity contribution in [1.29, 1.82) is 0 Å². The Morgan fingerprint density at radius 1 is 1.00 bits per heavy atom. The molecule has 1 aromatic carbocycles. The number of benzene rings is 1. The second-order valence-electron chi connectivity index (χ2n) is 14.7. The van der Waals surface area contributed by atoms with Crippen molar-refractivity contribution < 1.29 is 19.0 Å². The van der Waals surface area contributed by atoms with Gasteiger partial charge in [-0.05, 0) is 98.0 Å². The minimum absolute atomic E-state index is 0.0972. The van der Waals surface area contributed by atoms with Gasteiger partial charge in [0.15, 0.2) is 0 Å². The molecule has 210 valence electrons. The van der Waals surface area contributed by atoms with Crippen molar-refractivity contribution in [3.8, 4) is 5.75 Å². The summed E-state index contributed by atoms with van der Waals surface area (Å²) >= 11 is 0. The maximum atomic E-state index is 12.5. The molecule has 1 aromatic rings. The van der Waals surface area contributed by atoms with E-state index in [4.69, 9.17) is 14.2 Å².